The summed E-state index contributed by atoms with van der Waals surface area (Å²) in [7, 11) is 0. The van der Waals surface area contributed by atoms with Crippen LogP contribution in [0.4, 0.5) is 20.6 Å². The second kappa shape index (κ2) is 6.04. The Kier molecular flexibility index (Phi) is 4.18. The highest BCUT2D eigenvalue weighted by Gasteiger charge is 2.08. The molecule has 0 saturated heterocycles. The summed E-state index contributed by atoms with van der Waals surface area (Å²) in [6, 6.07) is 11.4. The molecule has 0 heterocycles. The van der Waals surface area contributed by atoms with Gasteiger partial charge in [-0.2, -0.15) is 5.26 Å². The van der Waals surface area contributed by atoms with Crippen LogP contribution in [-0.2, 0) is 0 Å². The van der Waals surface area contributed by atoms with Gasteiger partial charge in [0.2, 0.25) is 0 Å². The predicted octanol–water partition coefficient (Wildman–Crippen LogP) is 3.99. The summed E-state index contributed by atoms with van der Waals surface area (Å²) in [6.07, 6.45) is 0. The molecule has 0 radical (unpaired) electrons. The van der Waals surface area contributed by atoms with Crippen molar-refractivity contribution in [3.63, 3.8) is 0 Å². The molecule has 0 atom stereocenters. The molecular weight excluding hydrogens is 281 g/mol. The first-order valence-electron chi connectivity index (χ1n) is 5.62. The molecular formula is C14H9ClFN3O. The van der Waals surface area contributed by atoms with Crippen molar-refractivity contribution in [1.82, 2.24) is 0 Å². The van der Waals surface area contributed by atoms with E-state index in [-0.39, 0.29) is 11.3 Å². The summed E-state index contributed by atoms with van der Waals surface area (Å²) < 4.78 is 13.0. The standard InChI is InChI=1S/C14H9ClFN3O/c15-10-1-4-12(5-2-10)18-14(20)19-13-6-3-11(16)7-9(13)8-17/h1-7H,(H2,18,19,20). The van der Waals surface area contributed by atoms with E-state index in [0.29, 0.717) is 10.7 Å². The largest absolute Gasteiger partial charge is 0.323 e. The van der Waals surface area contributed by atoms with Crippen LogP contribution in [0.2, 0.25) is 5.02 Å². The number of amides is 2. The summed E-state index contributed by atoms with van der Waals surface area (Å²) >= 11 is 5.73. The number of carbonyl (C=O) groups is 1. The molecule has 2 amide bonds. The zero-order chi connectivity index (χ0) is 14.5. The predicted molar refractivity (Wildman–Crippen MR) is 75.2 cm³/mol. The second-order valence-corrected chi connectivity index (χ2v) is 4.32. The van der Waals surface area contributed by atoms with Crippen LogP contribution in [0, 0.1) is 17.1 Å². The van der Waals surface area contributed by atoms with E-state index < -0.39 is 11.8 Å². The Morgan fingerprint density at radius 1 is 1.15 bits per heavy atom. The van der Waals surface area contributed by atoms with Crippen molar-refractivity contribution in [2.24, 2.45) is 0 Å². The Labute approximate surface area is 119 Å². The fourth-order valence-corrected chi connectivity index (χ4v) is 1.66. The number of anilines is 2. The molecule has 4 nitrogen and oxygen atoms in total. The number of nitriles is 1. The van der Waals surface area contributed by atoms with Crippen LogP contribution in [-0.4, -0.2) is 6.03 Å². The number of nitrogens with one attached hydrogen (secondary N) is 2. The third-order valence-electron chi connectivity index (χ3n) is 2.45. The summed E-state index contributed by atoms with van der Waals surface area (Å²) in [5.74, 6) is -0.537. The van der Waals surface area contributed by atoms with Crippen molar-refractivity contribution >= 4 is 29.0 Å². The van der Waals surface area contributed by atoms with Crippen LogP contribution in [0.3, 0.4) is 0 Å². The normalized spacial score (nSPS) is 9.65. The zero-order valence-corrected chi connectivity index (χ0v) is 10.9. The van der Waals surface area contributed by atoms with Gasteiger partial charge in [-0.3, -0.25) is 0 Å². The molecule has 0 unspecified atom stereocenters. The first-order chi connectivity index (χ1) is 9.58. The van der Waals surface area contributed by atoms with Crippen molar-refractivity contribution in [1.29, 1.82) is 5.26 Å². The molecule has 0 saturated carbocycles. The van der Waals surface area contributed by atoms with Gasteiger partial charge in [-0.25, -0.2) is 9.18 Å². The van der Waals surface area contributed by atoms with Crippen molar-refractivity contribution in [3.8, 4) is 6.07 Å². The Balaban J connectivity index is 2.09. The van der Waals surface area contributed by atoms with Gasteiger partial charge < -0.3 is 10.6 Å². The molecule has 0 fully saturated rings. The van der Waals surface area contributed by atoms with E-state index in [0.717, 1.165) is 6.07 Å². The minimum Gasteiger partial charge on any atom is -0.308 e. The van der Waals surface area contributed by atoms with Crippen molar-refractivity contribution in [3.05, 3.63) is 58.9 Å². The highest BCUT2D eigenvalue weighted by atomic mass is 35.5. The molecule has 20 heavy (non-hydrogen) atoms. The number of carbonyl (C=O) groups excluding carboxylic acids is 1. The average molecular weight is 290 g/mol. The quantitative estimate of drug-likeness (QED) is 0.878. The lowest BCUT2D eigenvalue weighted by Gasteiger charge is -2.09. The fraction of sp³-hybridized carbons (Fsp3) is 0. The number of rotatable bonds is 2. The van der Waals surface area contributed by atoms with Gasteiger partial charge in [-0.05, 0) is 42.5 Å². The highest BCUT2D eigenvalue weighted by Crippen LogP contribution is 2.17. The van der Waals surface area contributed by atoms with Crippen molar-refractivity contribution < 1.29 is 9.18 Å². The van der Waals surface area contributed by atoms with Gasteiger partial charge in [0.1, 0.15) is 11.9 Å². The van der Waals surface area contributed by atoms with E-state index in [4.69, 9.17) is 16.9 Å². The SMILES string of the molecule is N#Cc1cc(F)ccc1NC(=O)Nc1ccc(Cl)cc1. The maximum absolute atomic E-state index is 13.0. The molecule has 0 aliphatic carbocycles. The minimum absolute atomic E-state index is 0.0521. The van der Waals surface area contributed by atoms with Crippen LogP contribution in [0.25, 0.3) is 0 Å². The molecule has 0 aliphatic heterocycles. The van der Waals surface area contributed by atoms with E-state index in [2.05, 4.69) is 10.6 Å². The Hall–Kier alpha value is -2.58. The molecule has 2 aromatic rings. The van der Waals surface area contributed by atoms with Crippen LogP contribution in [0.5, 0.6) is 0 Å². The minimum atomic E-state index is -0.537. The zero-order valence-electron chi connectivity index (χ0n) is 10.2. The number of hydrogen-bond donors (Lipinski definition) is 2. The van der Waals surface area contributed by atoms with Crippen LogP contribution in [0.1, 0.15) is 5.56 Å². The summed E-state index contributed by atoms with van der Waals surface area (Å²) in [4.78, 5) is 11.8. The second-order valence-electron chi connectivity index (χ2n) is 3.89. The topological polar surface area (TPSA) is 64.9 Å². The number of halogens is 2. The number of hydrogen-bond acceptors (Lipinski definition) is 2. The number of nitrogens with zero attached hydrogens (tertiary/aromatic N) is 1. The Morgan fingerprint density at radius 3 is 2.50 bits per heavy atom. The lowest BCUT2D eigenvalue weighted by atomic mass is 10.2. The van der Waals surface area contributed by atoms with E-state index >= 15 is 0 Å². The summed E-state index contributed by atoms with van der Waals surface area (Å²) in [5.41, 5.74) is 0.837. The van der Waals surface area contributed by atoms with Gasteiger partial charge in [0.15, 0.2) is 0 Å². The smallest absolute Gasteiger partial charge is 0.308 e. The molecule has 0 bridgehead atoms. The van der Waals surface area contributed by atoms with E-state index in [1.165, 1.54) is 12.1 Å². The Morgan fingerprint density at radius 2 is 1.85 bits per heavy atom. The van der Waals surface area contributed by atoms with Gasteiger partial charge in [0, 0.05) is 10.7 Å². The number of benzene rings is 2. The fourth-order valence-electron chi connectivity index (χ4n) is 1.54. The first kappa shape index (κ1) is 13.8. The number of urea groups is 1. The average Bonchev–Trinajstić information content (AvgIpc) is 2.43. The van der Waals surface area contributed by atoms with Gasteiger partial charge >= 0.3 is 6.03 Å². The first-order valence-corrected chi connectivity index (χ1v) is 5.99. The summed E-state index contributed by atoms with van der Waals surface area (Å²) in [6.45, 7) is 0. The molecule has 2 N–H and O–H groups in total. The van der Waals surface area contributed by atoms with E-state index in [1.54, 1.807) is 24.3 Å². The maximum atomic E-state index is 13.0. The molecule has 0 spiro atoms. The molecule has 0 aromatic heterocycles. The molecule has 100 valence electrons. The van der Waals surface area contributed by atoms with Crippen LogP contribution < -0.4 is 10.6 Å². The monoisotopic (exact) mass is 289 g/mol. The molecule has 0 aliphatic rings. The van der Waals surface area contributed by atoms with Gasteiger partial charge in [-0.15, -0.1) is 0 Å². The molecule has 2 rings (SSSR count). The van der Waals surface area contributed by atoms with Crippen LogP contribution in [0.15, 0.2) is 42.5 Å². The molecule has 6 heteroatoms. The lowest BCUT2D eigenvalue weighted by molar-refractivity contribution is 0.262. The van der Waals surface area contributed by atoms with Crippen molar-refractivity contribution in [2.45, 2.75) is 0 Å². The third-order valence-corrected chi connectivity index (χ3v) is 2.70. The lowest BCUT2D eigenvalue weighted by Crippen LogP contribution is -2.20. The van der Waals surface area contributed by atoms with Crippen LogP contribution >= 0.6 is 11.6 Å². The van der Waals surface area contributed by atoms with Gasteiger partial charge in [0.25, 0.3) is 0 Å². The van der Waals surface area contributed by atoms with E-state index in [1.807, 2.05) is 6.07 Å². The Bertz CT molecular complexity index is 680. The van der Waals surface area contributed by atoms with Gasteiger partial charge in [0.05, 0.1) is 11.3 Å². The van der Waals surface area contributed by atoms with Crippen molar-refractivity contribution in [2.75, 3.05) is 10.6 Å². The van der Waals surface area contributed by atoms with Gasteiger partial charge in [-0.1, -0.05) is 11.6 Å². The third kappa shape index (κ3) is 3.46. The summed E-state index contributed by atoms with van der Waals surface area (Å²) in [5, 5.41) is 14.5. The highest BCUT2D eigenvalue weighted by molar-refractivity contribution is 6.30. The maximum Gasteiger partial charge on any atom is 0.323 e. The van der Waals surface area contributed by atoms with E-state index in [9.17, 15) is 9.18 Å². The molecule has 2 aromatic carbocycles.